The van der Waals surface area contributed by atoms with E-state index in [0.29, 0.717) is 18.1 Å². The van der Waals surface area contributed by atoms with Crippen LogP contribution in [0.3, 0.4) is 0 Å². The molecule has 0 bridgehead atoms. The Bertz CT molecular complexity index is 264. The van der Waals surface area contributed by atoms with Crippen molar-refractivity contribution in [2.75, 3.05) is 12.4 Å². The maximum atomic E-state index is 9.07. The Balaban J connectivity index is 2.24. The van der Waals surface area contributed by atoms with E-state index in [1.165, 1.54) is 11.8 Å². The number of aliphatic hydroxyl groups is 2. The lowest BCUT2D eigenvalue weighted by atomic mass is 10.4. The summed E-state index contributed by atoms with van der Waals surface area (Å²) in [6.07, 6.45) is -0.649. The molecule has 14 heavy (non-hydrogen) atoms. The Morgan fingerprint density at radius 3 is 2.71 bits per heavy atom. The molecule has 0 aliphatic rings. The molecule has 0 saturated carbocycles. The molecule has 1 heterocycles. The van der Waals surface area contributed by atoms with Crippen molar-refractivity contribution in [3.63, 3.8) is 0 Å². The molecular formula is C9H15NO3S. The Morgan fingerprint density at radius 1 is 1.43 bits per heavy atom. The third kappa shape index (κ3) is 3.71. The molecule has 1 aromatic rings. The van der Waals surface area contributed by atoms with Gasteiger partial charge in [-0.3, -0.25) is 0 Å². The highest BCUT2D eigenvalue weighted by molar-refractivity contribution is 7.98. The first-order valence-corrected chi connectivity index (χ1v) is 5.56. The number of thioether (sulfide) groups is 1. The molecule has 1 unspecified atom stereocenters. The molecular weight excluding hydrogens is 202 g/mol. The minimum atomic E-state index is -0.649. The maximum Gasteiger partial charge on any atom is 0.117 e. The second-order valence-electron chi connectivity index (χ2n) is 2.92. The van der Waals surface area contributed by atoms with Crippen LogP contribution in [0.4, 0.5) is 0 Å². The lowest BCUT2D eigenvalue weighted by molar-refractivity contribution is 0.113. The molecule has 4 nitrogen and oxygen atoms in total. The molecule has 0 aliphatic heterocycles. The van der Waals surface area contributed by atoms with Crippen molar-refractivity contribution in [3.05, 3.63) is 23.7 Å². The van der Waals surface area contributed by atoms with Gasteiger partial charge in [0.05, 0.1) is 25.0 Å². The largest absolute Gasteiger partial charge is 0.464 e. The zero-order valence-electron chi connectivity index (χ0n) is 7.85. The molecule has 0 spiro atoms. The van der Waals surface area contributed by atoms with Gasteiger partial charge in [-0.05, 0) is 12.1 Å². The molecule has 0 fully saturated rings. The minimum Gasteiger partial charge on any atom is -0.464 e. The Hall–Kier alpha value is -0.490. The van der Waals surface area contributed by atoms with Crippen molar-refractivity contribution >= 4 is 11.8 Å². The van der Waals surface area contributed by atoms with Crippen LogP contribution in [-0.2, 0) is 12.3 Å². The fourth-order valence-corrected chi connectivity index (χ4v) is 1.81. The Morgan fingerprint density at radius 2 is 2.14 bits per heavy atom. The topological polar surface area (TPSA) is 79.6 Å². The first-order valence-electron chi connectivity index (χ1n) is 4.40. The number of rotatable bonds is 6. The van der Waals surface area contributed by atoms with Crippen LogP contribution in [0.2, 0.25) is 0 Å². The van der Waals surface area contributed by atoms with Crippen LogP contribution in [0.5, 0.6) is 0 Å². The molecule has 0 amide bonds. The summed E-state index contributed by atoms with van der Waals surface area (Å²) in [4.78, 5) is 0. The van der Waals surface area contributed by atoms with Crippen LogP contribution in [-0.4, -0.2) is 28.7 Å². The highest BCUT2D eigenvalue weighted by Crippen LogP contribution is 2.15. The molecule has 1 rings (SSSR count). The van der Waals surface area contributed by atoms with E-state index < -0.39 is 6.10 Å². The van der Waals surface area contributed by atoms with E-state index in [1.54, 1.807) is 0 Å². The van der Waals surface area contributed by atoms with E-state index in [2.05, 4.69) is 0 Å². The van der Waals surface area contributed by atoms with Crippen LogP contribution in [0.1, 0.15) is 11.5 Å². The van der Waals surface area contributed by atoms with E-state index >= 15 is 0 Å². The van der Waals surface area contributed by atoms with Gasteiger partial charge in [-0.15, -0.1) is 0 Å². The molecule has 0 radical (unpaired) electrons. The van der Waals surface area contributed by atoms with Gasteiger partial charge in [0.2, 0.25) is 0 Å². The predicted molar refractivity (Wildman–Crippen MR) is 55.9 cm³/mol. The first kappa shape index (κ1) is 11.6. The summed E-state index contributed by atoms with van der Waals surface area (Å²) in [5.74, 6) is 2.82. The van der Waals surface area contributed by atoms with Crippen LogP contribution < -0.4 is 5.73 Å². The lowest BCUT2D eigenvalue weighted by Crippen LogP contribution is -2.14. The van der Waals surface area contributed by atoms with Crippen molar-refractivity contribution < 1.29 is 14.6 Å². The normalized spacial score (nSPS) is 13.1. The fraction of sp³-hybridized carbons (Fsp3) is 0.556. The van der Waals surface area contributed by atoms with Gasteiger partial charge in [0.15, 0.2) is 0 Å². The van der Waals surface area contributed by atoms with E-state index in [4.69, 9.17) is 20.4 Å². The van der Waals surface area contributed by atoms with Gasteiger partial charge < -0.3 is 20.4 Å². The molecule has 1 atom stereocenters. The van der Waals surface area contributed by atoms with Crippen molar-refractivity contribution in [3.8, 4) is 0 Å². The van der Waals surface area contributed by atoms with E-state index in [-0.39, 0.29) is 6.61 Å². The third-order valence-electron chi connectivity index (χ3n) is 1.68. The second-order valence-corrected chi connectivity index (χ2v) is 3.95. The van der Waals surface area contributed by atoms with Gasteiger partial charge in [0.1, 0.15) is 11.5 Å². The summed E-state index contributed by atoms with van der Waals surface area (Å²) < 4.78 is 5.36. The monoisotopic (exact) mass is 217 g/mol. The Kier molecular flexibility index (Phi) is 5.03. The van der Waals surface area contributed by atoms with Crippen molar-refractivity contribution in [1.82, 2.24) is 0 Å². The molecule has 1 aromatic heterocycles. The van der Waals surface area contributed by atoms with Crippen molar-refractivity contribution in [1.29, 1.82) is 0 Å². The van der Waals surface area contributed by atoms with Gasteiger partial charge in [0, 0.05) is 5.75 Å². The Labute approximate surface area is 87.1 Å². The van der Waals surface area contributed by atoms with Crippen LogP contribution in [0, 0.1) is 0 Å². The SMILES string of the molecule is NCc1ccc(CSCC(O)CO)o1. The van der Waals surface area contributed by atoms with Crippen LogP contribution in [0.25, 0.3) is 0 Å². The molecule has 0 aromatic carbocycles. The number of furan rings is 1. The zero-order chi connectivity index (χ0) is 10.4. The summed E-state index contributed by atoms with van der Waals surface area (Å²) in [5, 5.41) is 17.6. The third-order valence-corrected chi connectivity index (χ3v) is 2.79. The predicted octanol–water partition coefficient (Wildman–Crippen LogP) is 0.325. The summed E-state index contributed by atoms with van der Waals surface area (Å²) >= 11 is 1.52. The zero-order valence-corrected chi connectivity index (χ0v) is 8.67. The number of hydrogen-bond donors (Lipinski definition) is 3. The van der Waals surface area contributed by atoms with Gasteiger partial charge in [-0.25, -0.2) is 0 Å². The smallest absolute Gasteiger partial charge is 0.117 e. The van der Waals surface area contributed by atoms with Crippen LogP contribution in [0.15, 0.2) is 16.5 Å². The molecule has 4 N–H and O–H groups in total. The van der Waals surface area contributed by atoms with Gasteiger partial charge in [-0.2, -0.15) is 11.8 Å². The average Bonchev–Trinajstić information content (AvgIpc) is 2.65. The summed E-state index contributed by atoms with van der Waals surface area (Å²) in [7, 11) is 0. The van der Waals surface area contributed by atoms with E-state index in [0.717, 1.165) is 11.5 Å². The lowest BCUT2D eigenvalue weighted by Gasteiger charge is -2.04. The highest BCUT2D eigenvalue weighted by atomic mass is 32.2. The second kappa shape index (κ2) is 6.08. The number of hydrogen-bond acceptors (Lipinski definition) is 5. The van der Waals surface area contributed by atoms with Gasteiger partial charge >= 0.3 is 0 Å². The quantitative estimate of drug-likeness (QED) is 0.639. The maximum absolute atomic E-state index is 9.07. The number of aliphatic hydroxyl groups excluding tert-OH is 2. The van der Waals surface area contributed by atoms with E-state index in [1.807, 2.05) is 12.1 Å². The standard InChI is InChI=1S/C9H15NO3S/c10-3-8-1-2-9(13-8)6-14-5-7(12)4-11/h1-2,7,11-12H,3-6,10H2. The first-order chi connectivity index (χ1) is 6.76. The van der Waals surface area contributed by atoms with Crippen molar-refractivity contribution in [2.45, 2.75) is 18.4 Å². The van der Waals surface area contributed by atoms with Gasteiger partial charge in [-0.1, -0.05) is 0 Å². The summed E-state index contributed by atoms with van der Waals surface area (Å²) in [6.45, 7) is 0.211. The average molecular weight is 217 g/mol. The van der Waals surface area contributed by atoms with E-state index in [9.17, 15) is 0 Å². The van der Waals surface area contributed by atoms with Gasteiger partial charge in [0.25, 0.3) is 0 Å². The summed E-state index contributed by atoms with van der Waals surface area (Å²) in [6, 6.07) is 3.72. The number of nitrogens with two attached hydrogens (primary N) is 1. The van der Waals surface area contributed by atoms with Crippen molar-refractivity contribution in [2.24, 2.45) is 5.73 Å². The summed E-state index contributed by atoms with van der Waals surface area (Å²) in [5.41, 5.74) is 5.39. The molecule has 5 heteroatoms. The fourth-order valence-electron chi connectivity index (χ4n) is 0.958. The minimum absolute atomic E-state index is 0.195. The molecule has 0 saturated heterocycles. The van der Waals surface area contributed by atoms with Crippen LogP contribution >= 0.6 is 11.8 Å². The molecule has 80 valence electrons. The molecule has 0 aliphatic carbocycles. The highest BCUT2D eigenvalue weighted by Gasteiger charge is 2.04.